The monoisotopic (exact) mass is 431 g/mol. The molecule has 1 saturated carbocycles. The van der Waals surface area contributed by atoms with Crippen molar-refractivity contribution in [3.8, 4) is 0 Å². The van der Waals surface area contributed by atoms with Crippen LogP contribution in [0.3, 0.4) is 0 Å². The summed E-state index contributed by atoms with van der Waals surface area (Å²) in [4.78, 5) is 28.1. The fraction of sp³-hybridized carbons (Fsp3) is 0.529. The van der Waals surface area contributed by atoms with Gasteiger partial charge in [0, 0.05) is 32.2 Å². The molecule has 3 fully saturated rings. The van der Waals surface area contributed by atoms with E-state index in [-0.39, 0.29) is 47.3 Å². The molecule has 1 aromatic rings. The summed E-state index contributed by atoms with van der Waals surface area (Å²) < 4.78 is 27.0. The number of sulfonamides is 1. The van der Waals surface area contributed by atoms with Crippen LogP contribution in [-0.2, 0) is 19.6 Å². The molecule has 2 heterocycles. The van der Waals surface area contributed by atoms with Crippen molar-refractivity contribution in [2.45, 2.75) is 36.2 Å². The summed E-state index contributed by atoms with van der Waals surface area (Å²) in [6.45, 7) is 1.32. The molecule has 0 radical (unpaired) electrons. The quantitative estimate of drug-likeness (QED) is 0.676. The van der Waals surface area contributed by atoms with Crippen LogP contribution < -0.4 is 0 Å². The van der Waals surface area contributed by atoms with E-state index in [4.69, 9.17) is 23.2 Å². The summed E-state index contributed by atoms with van der Waals surface area (Å²) >= 11 is 11.8. The van der Waals surface area contributed by atoms with Gasteiger partial charge in [0.1, 0.15) is 0 Å². The molecule has 2 saturated heterocycles. The number of hydrogen-bond donors (Lipinski definition) is 0. The van der Waals surface area contributed by atoms with Gasteiger partial charge in [-0.15, -0.1) is 0 Å². The summed E-state index contributed by atoms with van der Waals surface area (Å²) in [6, 6.07) is 3.85. The highest BCUT2D eigenvalue weighted by molar-refractivity contribution is 7.89. The van der Waals surface area contributed by atoms with Crippen molar-refractivity contribution in [3.63, 3.8) is 0 Å². The van der Waals surface area contributed by atoms with Crippen LogP contribution >= 0.6 is 23.2 Å². The molecule has 3 aliphatic rings. The van der Waals surface area contributed by atoms with E-state index in [0.29, 0.717) is 18.1 Å². The Morgan fingerprint density at radius 2 is 1.63 bits per heavy atom. The van der Waals surface area contributed by atoms with Gasteiger partial charge >= 0.3 is 0 Å². The molecule has 2 amide bonds. The van der Waals surface area contributed by atoms with Crippen LogP contribution in [-0.4, -0.2) is 72.6 Å². The zero-order valence-corrected chi connectivity index (χ0v) is 16.8. The van der Waals surface area contributed by atoms with Crippen molar-refractivity contribution in [2.75, 3.05) is 26.2 Å². The van der Waals surface area contributed by atoms with Crippen LogP contribution in [0, 0.1) is 0 Å². The summed E-state index contributed by atoms with van der Waals surface area (Å²) in [6.07, 6.45) is 1.97. The SMILES string of the molecule is O=C1CC(N2CCN(S(=O)(=O)c3ccc(Cl)c(Cl)c3)CC2)C(=O)N1C1CC1. The molecule has 4 rings (SSSR count). The van der Waals surface area contributed by atoms with Gasteiger partial charge in [-0.3, -0.25) is 19.4 Å². The number of carbonyl (C=O) groups excluding carboxylic acids is 2. The maximum Gasteiger partial charge on any atom is 0.247 e. The zero-order valence-electron chi connectivity index (χ0n) is 14.5. The third-order valence-electron chi connectivity index (χ3n) is 5.31. The summed E-state index contributed by atoms with van der Waals surface area (Å²) in [7, 11) is -3.69. The molecular weight excluding hydrogens is 413 g/mol. The molecule has 0 spiro atoms. The summed E-state index contributed by atoms with van der Waals surface area (Å²) in [5.41, 5.74) is 0. The molecule has 0 N–H and O–H groups in total. The van der Waals surface area contributed by atoms with Crippen LogP contribution in [0.15, 0.2) is 23.1 Å². The Morgan fingerprint density at radius 1 is 0.963 bits per heavy atom. The van der Waals surface area contributed by atoms with Crippen LogP contribution in [0.2, 0.25) is 10.0 Å². The van der Waals surface area contributed by atoms with E-state index in [1.54, 1.807) is 0 Å². The van der Waals surface area contributed by atoms with Gasteiger partial charge in [-0.1, -0.05) is 23.2 Å². The van der Waals surface area contributed by atoms with E-state index < -0.39 is 16.1 Å². The van der Waals surface area contributed by atoms with Crippen LogP contribution in [0.4, 0.5) is 0 Å². The average Bonchev–Trinajstić information content (AvgIpc) is 3.42. The number of carbonyl (C=O) groups is 2. The molecule has 1 aromatic carbocycles. The molecule has 1 aliphatic carbocycles. The first-order valence-electron chi connectivity index (χ1n) is 8.84. The smallest absolute Gasteiger partial charge is 0.247 e. The minimum Gasteiger partial charge on any atom is -0.289 e. The minimum absolute atomic E-state index is 0.0753. The predicted octanol–water partition coefficient (Wildman–Crippen LogP) is 1.59. The highest BCUT2D eigenvalue weighted by atomic mass is 35.5. The number of imide groups is 1. The number of amides is 2. The number of nitrogens with zero attached hydrogens (tertiary/aromatic N) is 3. The number of likely N-dealkylation sites (tertiary alicyclic amines) is 1. The second-order valence-electron chi connectivity index (χ2n) is 7.07. The van der Waals surface area contributed by atoms with Crippen molar-refractivity contribution >= 4 is 45.0 Å². The molecule has 2 aliphatic heterocycles. The standard InChI is InChI=1S/C17H19Cl2N3O4S/c18-13-4-3-12(9-14(13)19)27(25,26)21-7-5-20(6-8-21)15-10-16(23)22(17(15)24)11-1-2-11/h3-4,9,11,15H,1-2,5-8,10H2. The average molecular weight is 432 g/mol. The maximum absolute atomic E-state index is 12.8. The second kappa shape index (κ2) is 7.00. The summed E-state index contributed by atoms with van der Waals surface area (Å²) in [5.74, 6) is -0.248. The highest BCUT2D eigenvalue weighted by Gasteiger charge is 2.48. The number of piperazine rings is 1. The number of benzene rings is 1. The van der Waals surface area contributed by atoms with Gasteiger partial charge in [-0.2, -0.15) is 4.31 Å². The van der Waals surface area contributed by atoms with Crippen molar-refractivity contribution < 1.29 is 18.0 Å². The van der Waals surface area contributed by atoms with Crippen molar-refractivity contribution in [1.29, 1.82) is 0 Å². The van der Waals surface area contributed by atoms with E-state index in [1.807, 2.05) is 4.90 Å². The van der Waals surface area contributed by atoms with Gasteiger partial charge in [-0.25, -0.2) is 8.42 Å². The van der Waals surface area contributed by atoms with Gasteiger partial charge in [0.2, 0.25) is 21.8 Å². The lowest BCUT2D eigenvalue weighted by molar-refractivity contribution is -0.140. The maximum atomic E-state index is 12.8. The Labute approximate surface area is 167 Å². The Balaban J connectivity index is 1.43. The number of rotatable bonds is 4. The Kier molecular flexibility index (Phi) is 4.97. The van der Waals surface area contributed by atoms with Gasteiger partial charge < -0.3 is 0 Å². The first-order valence-corrected chi connectivity index (χ1v) is 11.0. The van der Waals surface area contributed by atoms with E-state index in [9.17, 15) is 18.0 Å². The largest absolute Gasteiger partial charge is 0.289 e. The van der Waals surface area contributed by atoms with Gasteiger partial charge in [0.05, 0.1) is 27.4 Å². The van der Waals surface area contributed by atoms with E-state index in [1.165, 1.54) is 27.4 Å². The van der Waals surface area contributed by atoms with Gasteiger partial charge in [-0.05, 0) is 31.0 Å². The number of halogens is 2. The number of hydrogen-bond acceptors (Lipinski definition) is 5. The lowest BCUT2D eigenvalue weighted by atomic mass is 10.2. The molecular formula is C17H19Cl2N3O4S. The molecule has 10 heteroatoms. The fourth-order valence-corrected chi connectivity index (χ4v) is 5.49. The first-order chi connectivity index (χ1) is 12.8. The zero-order chi connectivity index (χ0) is 19.3. The van der Waals surface area contributed by atoms with Crippen molar-refractivity contribution in [2.24, 2.45) is 0 Å². The Bertz CT molecular complexity index is 895. The van der Waals surface area contributed by atoms with Crippen molar-refractivity contribution in [1.82, 2.24) is 14.1 Å². The minimum atomic E-state index is -3.69. The predicted molar refractivity (Wildman–Crippen MR) is 100 cm³/mol. The Morgan fingerprint density at radius 3 is 2.22 bits per heavy atom. The van der Waals surface area contributed by atoms with Crippen molar-refractivity contribution in [3.05, 3.63) is 28.2 Å². The lowest BCUT2D eigenvalue weighted by Gasteiger charge is -2.36. The third-order valence-corrected chi connectivity index (χ3v) is 7.95. The normalized spacial score (nSPS) is 25.4. The third kappa shape index (κ3) is 3.49. The molecule has 0 aromatic heterocycles. The van der Waals surface area contributed by atoms with E-state index in [2.05, 4.69) is 0 Å². The fourth-order valence-electron chi connectivity index (χ4n) is 3.68. The molecule has 0 bridgehead atoms. The first kappa shape index (κ1) is 19.1. The van der Waals surface area contributed by atoms with Crippen LogP contribution in [0.25, 0.3) is 0 Å². The molecule has 1 unspecified atom stereocenters. The Hall–Kier alpha value is -1.19. The van der Waals surface area contributed by atoms with Gasteiger partial charge in [0.15, 0.2) is 0 Å². The molecule has 146 valence electrons. The molecule has 7 nitrogen and oxygen atoms in total. The summed E-state index contributed by atoms with van der Waals surface area (Å²) in [5, 5.41) is 0.483. The topological polar surface area (TPSA) is 78.0 Å². The molecule has 1 atom stereocenters. The van der Waals surface area contributed by atoms with Crippen LogP contribution in [0.5, 0.6) is 0 Å². The highest BCUT2D eigenvalue weighted by Crippen LogP contribution is 2.33. The van der Waals surface area contributed by atoms with Gasteiger partial charge in [0.25, 0.3) is 0 Å². The second-order valence-corrected chi connectivity index (χ2v) is 9.82. The van der Waals surface area contributed by atoms with E-state index >= 15 is 0 Å². The van der Waals surface area contributed by atoms with Crippen LogP contribution in [0.1, 0.15) is 19.3 Å². The van der Waals surface area contributed by atoms with E-state index in [0.717, 1.165) is 12.8 Å². The lowest BCUT2D eigenvalue weighted by Crippen LogP contribution is -2.53. The molecule has 27 heavy (non-hydrogen) atoms.